The molecule has 3 heteroatoms. The minimum absolute atomic E-state index is 0.714. The summed E-state index contributed by atoms with van der Waals surface area (Å²) in [5.41, 5.74) is 6.62. The van der Waals surface area contributed by atoms with Crippen LogP contribution < -0.4 is 5.73 Å². The number of rotatable bonds is 5. The molecule has 0 amide bonds. The van der Waals surface area contributed by atoms with Crippen molar-refractivity contribution >= 4 is 23.2 Å². The Labute approximate surface area is 95.2 Å². The van der Waals surface area contributed by atoms with Gasteiger partial charge in [0.25, 0.3) is 0 Å². The maximum absolute atomic E-state index is 5.89. The Kier molecular flexibility index (Phi) is 5.31. The first-order chi connectivity index (χ1) is 6.72. The van der Waals surface area contributed by atoms with Crippen LogP contribution in [0.15, 0.2) is 18.2 Å². The van der Waals surface area contributed by atoms with E-state index in [1.807, 2.05) is 12.1 Å². The molecule has 1 rings (SSSR count). The summed E-state index contributed by atoms with van der Waals surface area (Å²) in [6.45, 7) is 0.774. The van der Waals surface area contributed by atoms with Crippen molar-refractivity contribution in [1.82, 2.24) is 0 Å². The summed E-state index contributed by atoms with van der Waals surface area (Å²) in [6, 6.07) is 5.69. The summed E-state index contributed by atoms with van der Waals surface area (Å²) < 4.78 is 0. The highest BCUT2D eigenvalue weighted by atomic mass is 35.5. The van der Waals surface area contributed by atoms with Gasteiger partial charge in [-0.2, -0.15) is 0 Å². The number of benzene rings is 1. The van der Waals surface area contributed by atoms with Crippen molar-refractivity contribution in [2.75, 3.05) is 6.54 Å². The summed E-state index contributed by atoms with van der Waals surface area (Å²) in [5, 5.41) is 1.43. The summed E-state index contributed by atoms with van der Waals surface area (Å²) in [5.74, 6) is 0. The van der Waals surface area contributed by atoms with E-state index in [9.17, 15) is 0 Å². The van der Waals surface area contributed by atoms with Gasteiger partial charge in [-0.25, -0.2) is 0 Å². The fourth-order valence-electron chi connectivity index (χ4n) is 1.41. The van der Waals surface area contributed by atoms with E-state index in [-0.39, 0.29) is 0 Å². The van der Waals surface area contributed by atoms with Gasteiger partial charge in [-0.05, 0) is 49.6 Å². The number of halogens is 2. The van der Waals surface area contributed by atoms with Crippen molar-refractivity contribution in [2.24, 2.45) is 5.73 Å². The van der Waals surface area contributed by atoms with E-state index in [1.54, 1.807) is 6.07 Å². The van der Waals surface area contributed by atoms with Gasteiger partial charge in [0.05, 0.1) is 0 Å². The van der Waals surface area contributed by atoms with E-state index < -0.39 is 0 Å². The Bertz CT molecular complexity index is 266. The van der Waals surface area contributed by atoms with Crippen LogP contribution in [0.5, 0.6) is 0 Å². The molecule has 0 aromatic heterocycles. The molecule has 0 saturated heterocycles. The first-order valence-electron chi connectivity index (χ1n) is 4.87. The zero-order valence-electron chi connectivity index (χ0n) is 8.10. The molecule has 0 aliphatic rings. The Morgan fingerprint density at radius 1 is 0.929 bits per heavy atom. The van der Waals surface area contributed by atoms with Crippen LogP contribution in [0.4, 0.5) is 0 Å². The van der Waals surface area contributed by atoms with Gasteiger partial charge in [0.1, 0.15) is 0 Å². The molecular formula is C11H15Cl2N. The fourth-order valence-corrected chi connectivity index (χ4v) is 1.98. The highest BCUT2D eigenvalue weighted by Crippen LogP contribution is 2.20. The van der Waals surface area contributed by atoms with E-state index in [0.29, 0.717) is 10.0 Å². The minimum Gasteiger partial charge on any atom is -0.330 e. The van der Waals surface area contributed by atoms with E-state index >= 15 is 0 Å². The van der Waals surface area contributed by atoms with Crippen LogP contribution in [0.2, 0.25) is 10.0 Å². The van der Waals surface area contributed by atoms with Gasteiger partial charge >= 0.3 is 0 Å². The van der Waals surface area contributed by atoms with Gasteiger partial charge in [0, 0.05) is 10.0 Å². The molecule has 1 nitrogen and oxygen atoms in total. The average molecular weight is 232 g/mol. The standard InChI is InChI=1S/C11H15Cl2N/c12-10-6-9(7-11(13)8-10)4-2-1-3-5-14/h6-8H,1-5,14H2. The Morgan fingerprint density at radius 3 is 2.14 bits per heavy atom. The normalized spacial score (nSPS) is 10.5. The molecule has 0 aliphatic heterocycles. The number of unbranched alkanes of at least 4 members (excludes halogenated alkanes) is 2. The third-order valence-corrected chi connectivity index (χ3v) is 2.53. The molecule has 78 valence electrons. The second-order valence-corrected chi connectivity index (χ2v) is 4.25. The molecule has 0 heterocycles. The van der Waals surface area contributed by atoms with E-state index in [0.717, 1.165) is 25.8 Å². The molecule has 0 spiro atoms. The summed E-state index contributed by atoms with van der Waals surface area (Å²) in [4.78, 5) is 0. The number of nitrogens with two attached hydrogens (primary N) is 1. The lowest BCUT2D eigenvalue weighted by Crippen LogP contribution is -1.98. The molecule has 0 unspecified atom stereocenters. The molecular weight excluding hydrogens is 217 g/mol. The Hall–Kier alpha value is -0.240. The third kappa shape index (κ3) is 4.32. The SMILES string of the molecule is NCCCCCc1cc(Cl)cc(Cl)c1. The molecule has 2 N–H and O–H groups in total. The second kappa shape index (κ2) is 6.28. The van der Waals surface area contributed by atoms with Crippen LogP contribution in [0.1, 0.15) is 24.8 Å². The van der Waals surface area contributed by atoms with Crippen LogP contribution in [0.3, 0.4) is 0 Å². The van der Waals surface area contributed by atoms with Gasteiger partial charge in [-0.1, -0.05) is 29.6 Å². The zero-order chi connectivity index (χ0) is 10.4. The molecule has 0 fully saturated rings. The lowest BCUT2D eigenvalue weighted by atomic mass is 10.1. The lowest BCUT2D eigenvalue weighted by molar-refractivity contribution is 0.686. The van der Waals surface area contributed by atoms with Crippen molar-refractivity contribution < 1.29 is 0 Å². The average Bonchev–Trinajstić information content (AvgIpc) is 2.11. The summed E-state index contributed by atoms with van der Waals surface area (Å²) >= 11 is 11.8. The second-order valence-electron chi connectivity index (χ2n) is 3.38. The largest absolute Gasteiger partial charge is 0.330 e. The van der Waals surface area contributed by atoms with Crippen LogP contribution in [-0.2, 0) is 6.42 Å². The van der Waals surface area contributed by atoms with E-state index in [4.69, 9.17) is 28.9 Å². The number of hydrogen-bond donors (Lipinski definition) is 1. The molecule has 1 aromatic rings. The predicted molar refractivity (Wildman–Crippen MR) is 63.1 cm³/mol. The van der Waals surface area contributed by atoms with Crippen LogP contribution in [0, 0.1) is 0 Å². The topological polar surface area (TPSA) is 26.0 Å². The smallest absolute Gasteiger partial charge is 0.0423 e. The van der Waals surface area contributed by atoms with Gasteiger partial charge in [0.15, 0.2) is 0 Å². The molecule has 0 atom stereocenters. The van der Waals surface area contributed by atoms with Gasteiger partial charge < -0.3 is 5.73 Å². The zero-order valence-corrected chi connectivity index (χ0v) is 9.61. The quantitative estimate of drug-likeness (QED) is 0.770. The first kappa shape index (κ1) is 11.8. The number of aryl methyl sites for hydroxylation is 1. The molecule has 0 saturated carbocycles. The highest BCUT2D eigenvalue weighted by molar-refractivity contribution is 6.34. The van der Waals surface area contributed by atoms with Crippen molar-refractivity contribution in [2.45, 2.75) is 25.7 Å². The molecule has 0 aliphatic carbocycles. The lowest BCUT2D eigenvalue weighted by Gasteiger charge is -2.02. The minimum atomic E-state index is 0.714. The summed E-state index contributed by atoms with van der Waals surface area (Å²) in [6.07, 6.45) is 4.43. The number of hydrogen-bond acceptors (Lipinski definition) is 1. The van der Waals surface area contributed by atoms with Gasteiger partial charge in [-0.3, -0.25) is 0 Å². The van der Waals surface area contributed by atoms with Crippen molar-refractivity contribution in [3.8, 4) is 0 Å². The van der Waals surface area contributed by atoms with Crippen LogP contribution in [0.25, 0.3) is 0 Å². The van der Waals surface area contributed by atoms with Crippen molar-refractivity contribution in [1.29, 1.82) is 0 Å². The maximum atomic E-state index is 5.89. The molecule has 0 bridgehead atoms. The predicted octanol–water partition coefficient (Wildman–Crippen LogP) is 3.66. The highest BCUT2D eigenvalue weighted by Gasteiger charge is 1.98. The summed E-state index contributed by atoms with van der Waals surface area (Å²) in [7, 11) is 0. The van der Waals surface area contributed by atoms with Gasteiger partial charge in [0.2, 0.25) is 0 Å². The Balaban J connectivity index is 2.42. The van der Waals surface area contributed by atoms with Crippen molar-refractivity contribution in [3.63, 3.8) is 0 Å². The Morgan fingerprint density at radius 2 is 1.57 bits per heavy atom. The fraction of sp³-hybridized carbons (Fsp3) is 0.455. The van der Waals surface area contributed by atoms with E-state index in [1.165, 1.54) is 12.0 Å². The molecule has 0 radical (unpaired) electrons. The third-order valence-electron chi connectivity index (χ3n) is 2.09. The molecule has 14 heavy (non-hydrogen) atoms. The first-order valence-corrected chi connectivity index (χ1v) is 5.63. The maximum Gasteiger partial charge on any atom is 0.0423 e. The van der Waals surface area contributed by atoms with E-state index in [2.05, 4.69) is 0 Å². The van der Waals surface area contributed by atoms with Gasteiger partial charge in [-0.15, -0.1) is 0 Å². The van der Waals surface area contributed by atoms with Crippen molar-refractivity contribution in [3.05, 3.63) is 33.8 Å². The molecule has 1 aromatic carbocycles. The van der Waals surface area contributed by atoms with Crippen LogP contribution in [-0.4, -0.2) is 6.54 Å². The monoisotopic (exact) mass is 231 g/mol. The van der Waals surface area contributed by atoms with Crippen LogP contribution >= 0.6 is 23.2 Å².